The van der Waals surface area contributed by atoms with Crippen molar-refractivity contribution in [3.63, 3.8) is 0 Å². The van der Waals surface area contributed by atoms with Crippen LogP contribution in [0, 0.1) is 0 Å². The van der Waals surface area contributed by atoms with Crippen molar-refractivity contribution in [1.29, 1.82) is 0 Å². The zero-order valence-corrected chi connectivity index (χ0v) is 11.2. The molecule has 1 saturated heterocycles. The van der Waals surface area contributed by atoms with Crippen LogP contribution in [0.1, 0.15) is 24.2 Å². The van der Waals surface area contributed by atoms with Crippen LogP contribution >= 0.6 is 11.6 Å². The van der Waals surface area contributed by atoms with Gasteiger partial charge in [0.2, 0.25) is 0 Å². The van der Waals surface area contributed by atoms with Gasteiger partial charge in [-0.2, -0.15) is 0 Å². The summed E-state index contributed by atoms with van der Waals surface area (Å²) in [4.78, 5) is 13.3. The smallest absolute Gasteiger partial charge is 0.337 e. The molecule has 1 heterocycles. The van der Waals surface area contributed by atoms with Crippen molar-refractivity contribution in [3.05, 3.63) is 28.8 Å². The molecule has 1 fully saturated rings. The maximum atomic E-state index is 11.3. The fourth-order valence-corrected chi connectivity index (χ4v) is 2.35. The van der Waals surface area contributed by atoms with Crippen LogP contribution in [0.5, 0.6) is 0 Å². The average molecular weight is 270 g/mol. The molecule has 1 N–H and O–H groups in total. The number of aromatic carboxylic acids is 1. The number of carboxylic acids is 1. The summed E-state index contributed by atoms with van der Waals surface area (Å²) in [6.07, 6.45) is 0. The van der Waals surface area contributed by atoms with Gasteiger partial charge in [-0.25, -0.2) is 4.79 Å². The van der Waals surface area contributed by atoms with Gasteiger partial charge in [-0.05, 0) is 32.0 Å². The minimum Gasteiger partial charge on any atom is -0.478 e. The predicted molar refractivity (Wildman–Crippen MR) is 70.7 cm³/mol. The minimum absolute atomic E-state index is 0.236. The SMILES string of the molecule is CC1(C)CN(c2ccc(Cl)cc2C(=O)O)CCO1. The molecule has 1 aliphatic rings. The molecule has 0 aromatic heterocycles. The molecule has 0 bridgehead atoms. The van der Waals surface area contributed by atoms with E-state index >= 15 is 0 Å². The largest absolute Gasteiger partial charge is 0.478 e. The van der Waals surface area contributed by atoms with E-state index in [-0.39, 0.29) is 11.2 Å². The fourth-order valence-electron chi connectivity index (χ4n) is 2.18. The third-order valence-corrected chi connectivity index (χ3v) is 3.19. The summed E-state index contributed by atoms with van der Waals surface area (Å²) in [5.74, 6) is -0.961. The lowest BCUT2D eigenvalue weighted by molar-refractivity contribution is -0.0277. The van der Waals surface area contributed by atoms with Crippen LogP contribution in [-0.4, -0.2) is 36.4 Å². The molecule has 5 heteroatoms. The number of ether oxygens (including phenoxy) is 1. The molecular formula is C13H16ClNO3. The molecule has 0 amide bonds. The lowest BCUT2D eigenvalue weighted by Crippen LogP contribution is -2.48. The molecule has 4 nitrogen and oxygen atoms in total. The maximum absolute atomic E-state index is 11.3. The van der Waals surface area contributed by atoms with Crippen molar-refractivity contribution in [2.75, 3.05) is 24.6 Å². The van der Waals surface area contributed by atoms with E-state index in [0.717, 1.165) is 0 Å². The van der Waals surface area contributed by atoms with Gasteiger partial charge in [0, 0.05) is 18.1 Å². The van der Waals surface area contributed by atoms with Gasteiger partial charge in [-0.15, -0.1) is 0 Å². The number of nitrogens with zero attached hydrogens (tertiary/aromatic N) is 1. The number of halogens is 1. The molecule has 1 aromatic carbocycles. The first kappa shape index (κ1) is 13.2. The van der Waals surface area contributed by atoms with E-state index in [9.17, 15) is 9.90 Å². The highest BCUT2D eigenvalue weighted by Gasteiger charge is 2.29. The summed E-state index contributed by atoms with van der Waals surface area (Å²) in [6.45, 7) is 5.93. The Balaban J connectivity index is 2.35. The molecule has 0 spiro atoms. The Labute approximate surface area is 111 Å². The molecule has 0 atom stereocenters. The monoisotopic (exact) mass is 269 g/mol. The number of carbonyl (C=O) groups is 1. The summed E-state index contributed by atoms with van der Waals surface area (Å²) >= 11 is 5.85. The van der Waals surface area contributed by atoms with Crippen LogP contribution in [-0.2, 0) is 4.74 Å². The first-order valence-corrected chi connectivity index (χ1v) is 6.19. The van der Waals surface area contributed by atoms with E-state index in [1.807, 2.05) is 18.7 Å². The third kappa shape index (κ3) is 2.76. The average Bonchev–Trinajstić information content (AvgIpc) is 2.27. The summed E-state index contributed by atoms with van der Waals surface area (Å²) in [6, 6.07) is 4.96. The Morgan fingerprint density at radius 1 is 1.50 bits per heavy atom. The van der Waals surface area contributed by atoms with Gasteiger partial charge >= 0.3 is 5.97 Å². The van der Waals surface area contributed by atoms with Gasteiger partial charge in [0.05, 0.1) is 23.5 Å². The van der Waals surface area contributed by atoms with Gasteiger partial charge in [-0.1, -0.05) is 11.6 Å². The second-order valence-corrected chi connectivity index (χ2v) is 5.43. The van der Waals surface area contributed by atoms with Crippen molar-refractivity contribution in [1.82, 2.24) is 0 Å². The zero-order valence-electron chi connectivity index (χ0n) is 10.4. The topological polar surface area (TPSA) is 49.8 Å². The van der Waals surface area contributed by atoms with Crippen molar-refractivity contribution in [2.24, 2.45) is 0 Å². The Bertz CT molecular complexity index is 473. The van der Waals surface area contributed by atoms with Crippen molar-refractivity contribution < 1.29 is 14.6 Å². The van der Waals surface area contributed by atoms with E-state index in [0.29, 0.717) is 30.4 Å². The normalized spacial score (nSPS) is 18.7. The summed E-state index contributed by atoms with van der Waals surface area (Å²) in [7, 11) is 0. The molecule has 2 rings (SSSR count). The number of hydrogen-bond donors (Lipinski definition) is 1. The molecule has 0 aliphatic carbocycles. The second kappa shape index (κ2) is 4.78. The van der Waals surface area contributed by atoms with Gasteiger partial charge in [0.1, 0.15) is 0 Å². The van der Waals surface area contributed by atoms with Crippen LogP contribution < -0.4 is 4.90 Å². The summed E-state index contributed by atoms with van der Waals surface area (Å²) in [5.41, 5.74) is 0.664. The maximum Gasteiger partial charge on any atom is 0.337 e. The van der Waals surface area contributed by atoms with Crippen molar-refractivity contribution in [3.8, 4) is 0 Å². The third-order valence-electron chi connectivity index (χ3n) is 2.96. The highest BCUT2D eigenvalue weighted by atomic mass is 35.5. The zero-order chi connectivity index (χ0) is 13.3. The number of carboxylic acid groups (broad SMARTS) is 1. The first-order valence-electron chi connectivity index (χ1n) is 5.81. The van der Waals surface area contributed by atoms with Crippen LogP contribution in [0.25, 0.3) is 0 Å². The highest BCUT2D eigenvalue weighted by molar-refractivity contribution is 6.31. The van der Waals surface area contributed by atoms with Crippen molar-refractivity contribution >= 4 is 23.3 Å². The van der Waals surface area contributed by atoms with Gasteiger partial charge in [0.15, 0.2) is 0 Å². The number of morpholine rings is 1. The number of benzene rings is 1. The highest BCUT2D eigenvalue weighted by Crippen LogP contribution is 2.28. The van der Waals surface area contributed by atoms with E-state index in [2.05, 4.69) is 0 Å². The number of hydrogen-bond acceptors (Lipinski definition) is 3. The second-order valence-electron chi connectivity index (χ2n) is 5.00. The molecule has 1 aliphatic heterocycles. The number of anilines is 1. The quantitative estimate of drug-likeness (QED) is 0.897. The van der Waals surface area contributed by atoms with E-state index in [4.69, 9.17) is 16.3 Å². The van der Waals surface area contributed by atoms with Gasteiger partial charge in [0.25, 0.3) is 0 Å². The lowest BCUT2D eigenvalue weighted by Gasteiger charge is -2.39. The van der Waals surface area contributed by atoms with Crippen molar-refractivity contribution in [2.45, 2.75) is 19.4 Å². The minimum atomic E-state index is -0.961. The lowest BCUT2D eigenvalue weighted by atomic mass is 10.1. The van der Waals surface area contributed by atoms with Gasteiger partial charge < -0.3 is 14.7 Å². The Morgan fingerprint density at radius 2 is 2.22 bits per heavy atom. The molecule has 18 heavy (non-hydrogen) atoms. The molecule has 0 radical (unpaired) electrons. The van der Waals surface area contributed by atoms with Crippen LogP contribution in [0.15, 0.2) is 18.2 Å². The summed E-state index contributed by atoms with van der Waals surface area (Å²) in [5, 5.41) is 9.67. The molecule has 98 valence electrons. The predicted octanol–water partition coefficient (Wildman–Crippen LogP) is 2.65. The Morgan fingerprint density at radius 3 is 2.83 bits per heavy atom. The fraction of sp³-hybridized carbons (Fsp3) is 0.462. The van der Waals surface area contributed by atoms with Crippen LogP contribution in [0.3, 0.4) is 0 Å². The van der Waals surface area contributed by atoms with Crippen LogP contribution in [0.4, 0.5) is 5.69 Å². The molecular weight excluding hydrogens is 254 g/mol. The standard InChI is InChI=1S/C13H16ClNO3/c1-13(2)8-15(5-6-18-13)11-4-3-9(14)7-10(11)12(16)17/h3-4,7H,5-6,8H2,1-2H3,(H,16,17). The van der Waals surface area contributed by atoms with E-state index in [1.54, 1.807) is 12.1 Å². The molecule has 1 aromatic rings. The van der Waals surface area contributed by atoms with Crippen LogP contribution in [0.2, 0.25) is 5.02 Å². The Kier molecular flexibility index (Phi) is 3.50. The molecule has 0 saturated carbocycles. The van der Waals surface area contributed by atoms with Gasteiger partial charge in [-0.3, -0.25) is 0 Å². The Hall–Kier alpha value is -1.26. The summed E-state index contributed by atoms with van der Waals surface area (Å²) < 4.78 is 5.63. The van der Waals surface area contributed by atoms with E-state index in [1.165, 1.54) is 6.07 Å². The van der Waals surface area contributed by atoms with E-state index < -0.39 is 5.97 Å². The number of rotatable bonds is 2. The molecule has 0 unspecified atom stereocenters. The first-order chi connectivity index (χ1) is 8.39.